The van der Waals surface area contributed by atoms with Gasteiger partial charge in [0.05, 0.1) is 5.10 Å². The van der Waals surface area contributed by atoms with Crippen LogP contribution in [0, 0.1) is 20.5 Å². The highest BCUT2D eigenvalue weighted by Crippen LogP contribution is 2.32. The molecular weight excluding hydrogens is 900 g/mol. The molecule has 3 heterocycles. The lowest BCUT2D eigenvalue weighted by Gasteiger charge is -2.17. The van der Waals surface area contributed by atoms with Gasteiger partial charge in [0.1, 0.15) is 22.9 Å². The summed E-state index contributed by atoms with van der Waals surface area (Å²) >= 11 is 1.67. The Morgan fingerprint density at radius 3 is 0.985 bits per heavy atom. The fourth-order valence-corrected chi connectivity index (χ4v) is 8.33. The zero-order valence-corrected chi connectivity index (χ0v) is 37.3. The second kappa shape index (κ2) is 22.1. The van der Waals surface area contributed by atoms with Crippen LogP contribution in [0.15, 0.2) is 206 Å². The first kappa shape index (κ1) is 47.4. The van der Waals surface area contributed by atoms with Crippen LogP contribution in [0.2, 0.25) is 0 Å². The van der Waals surface area contributed by atoms with Gasteiger partial charge in [-0.05, 0) is 75.1 Å². The van der Waals surface area contributed by atoms with Crippen LogP contribution >= 0.6 is 11.3 Å². The third-order valence-corrected chi connectivity index (χ3v) is 11.1. The zero-order valence-electron chi connectivity index (χ0n) is 35.0. The number of benzene rings is 6. The normalized spacial score (nSPS) is 11.2. The average molecular weight is 940 g/mol. The van der Waals surface area contributed by atoms with E-state index in [-0.39, 0.29) is 0 Å². The second-order valence-electron chi connectivity index (χ2n) is 14.6. The number of rotatable bonds is 11. The SMILES string of the molecule is [O-][Cl+3]([O-])([O-])[O-].[O-][Cl+3]([O-])([O-])[O-].c1ccc(-c2cc(-c3ccccc3)[n+](CCCc3nnc(-[n+]4c(-c5ccccc5)cc(-c5ccccc5)cc4-c4ccccc4)s3)c(-c3ccccc3)c2)cc1. The van der Waals surface area contributed by atoms with Gasteiger partial charge in [0.2, 0.25) is 11.4 Å². The first-order valence-corrected chi connectivity index (χ1v) is 23.6. The first-order chi connectivity index (χ1) is 31.8. The zero-order chi connectivity index (χ0) is 46.5. The van der Waals surface area contributed by atoms with Crippen molar-refractivity contribution in [1.29, 1.82) is 0 Å². The Labute approximate surface area is 389 Å². The highest BCUT2D eigenvalue weighted by atomic mass is 35.7. The molecule has 0 saturated carbocycles. The molecule has 3 aromatic heterocycles. The molecule has 9 rings (SSSR count). The summed E-state index contributed by atoms with van der Waals surface area (Å²) in [5.41, 5.74) is 13.9. The molecular formula is C51H40Cl2N4O8S. The van der Waals surface area contributed by atoms with Gasteiger partial charge in [-0.1, -0.05) is 158 Å². The van der Waals surface area contributed by atoms with Gasteiger partial charge in [0.15, 0.2) is 0 Å². The van der Waals surface area contributed by atoms with E-state index >= 15 is 0 Å². The minimum Gasteiger partial charge on any atom is -0.222 e. The molecule has 0 bridgehead atoms. The van der Waals surface area contributed by atoms with Crippen LogP contribution in [0.5, 0.6) is 0 Å². The van der Waals surface area contributed by atoms with Gasteiger partial charge in [0.25, 0.3) is 0 Å². The van der Waals surface area contributed by atoms with Crippen molar-refractivity contribution in [2.24, 2.45) is 0 Å². The van der Waals surface area contributed by atoms with Crippen LogP contribution in [-0.4, -0.2) is 10.2 Å². The summed E-state index contributed by atoms with van der Waals surface area (Å²) in [6, 6.07) is 73.2. The van der Waals surface area contributed by atoms with E-state index in [4.69, 9.17) is 47.5 Å². The summed E-state index contributed by atoms with van der Waals surface area (Å²) < 4.78 is 72.7. The summed E-state index contributed by atoms with van der Waals surface area (Å²) in [5, 5.41) is 11.6. The molecule has 0 aliphatic carbocycles. The van der Waals surface area contributed by atoms with Gasteiger partial charge >= 0.3 is 5.13 Å². The molecule has 0 radical (unpaired) electrons. The third kappa shape index (κ3) is 13.5. The van der Waals surface area contributed by atoms with E-state index in [1.807, 2.05) is 0 Å². The largest absolute Gasteiger partial charge is 0.415 e. The number of hydrogen-bond acceptors (Lipinski definition) is 11. The van der Waals surface area contributed by atoms with Crippen LogP contribution < -0.4 is 46.4 Å². The molecule has 9 aromatic rings. The number of pyridine rings is 2. The maximum atomic E-state index is 8.49. The number of hydrogen-bond donors (Lipinski definition) is 0. The van der Waals surface area contributed by atoms with E-state index in [1.165, 1.54) is 39.2 Å². The van der Waals surface area contributed by atoms with Gasteiger partial charge in [-0.2, -0.15) is 9.13 Å². The van der Waals surface area contributed by atoms with Crippen molar-refractivity contribution >= 4 is 11.3 Å². The lowest BCUT2D eigenvalue weighted by atomic mass is 9.99. The molecule has 0 aliphatic heterocycles. The van der Waals surface area contributed by atoms with Crippen LogP contribution in [0.3, 0.4) is 0 Å². The van der Waals surface area contributed by atoms with Gasteiger partial charge in [0, 0.05) is 47.2 Å². The lowest BCUT2D eigenvalue weighted by Crippen LogP contribution is -2.68. The Morgan fingerprint density at radius 1 is 0.364 bits per heavy atom. The Hall–Kier alpha value is -6.56. The van der Waals surface area contributed by atoms with Crippen LogP contribution in [0.1, 0.15) is 11.4 Å². The van der Waals surface area contributed by atoms with E-state index in [0.717, 1.165) is 57.6 Å². The predicted molar refractivity (Wildman–Crippen MR) is 229 cm³/mol. The highest BCUT2D eigenvalue weighted by molar-refractivity contribution is 7.13. The number of aromatic nitrogens is 4. The first-order valence-electron chi connectivity index (χ1n) is 20.4. The number of aryl methyl sites for hydroxylation is 1. The van der Waals surface area contributed by atoms with Crippen LogP contribution in [-0.2, 0) is 13.0 Å². The van der Waals surface area contributed by atoms with Crippen molar-refractivity contribution in [3.05, 3.63) is 211 Å². The molecule has 66 heavy (non-hydrogen) atoms. The van der Waals surface area contributed by atoms with Crippen molar-refractivity contribution in [2.45, 2.75) is 19.4 Å². The van der Waals surface area contributed by atoms with Crippen molar-refractivity contribution in [1.82, 2.24) is 10.2 Å². The fourth-order valence-electron chi connectivity index (χ4n) is 7.42. The topological polar surface area (TPSA) is 218 Å². The Kier molecular flexibility index (Phi) is 15.9. The minimum absolute atomic E-state index is 0.803. The Bertz CT molecular complexity index is 2780. The van der Waals surface area contributed by atoms with E-state index in [1.54, 1.807) is 11.3 Å². The van der Waals surface area contributed by atoms with E-state index in [2.05, 4.69) is 215 Å². The van der Waals surface area contributed by atoms with E-state index in [0.29, 0.717) is 0 Å². The monoisotopic (exact) mass is 938 g/mol. The maximum absolute atomic E-state index is 8.49. The maximum Gasteiger partial charge on any atom is 0.415 e. The summed E-state index contributed by atoms with van der Waals surface area (Å²) in [5.74, 6) is 0. The molecule has 0 unspecified atom stereocenters. The molecule has 12 nitrogen and oxygen atoms in total. The fraction of sp³-hybridized carbons (Fsp3) is 0.0588. The van der Waals surface area contributed by atoms with Crippen molar-refractivity contribution in [2.75, 3.05) is 0 Å². The van der Waals surface area contributed by atoms with Crippen molar-refractivity contribution in [3.63, 3.8) is 0 Å². The smallest absolute Gasteiger partial charge is 0.222 e. The van der Waals surface area contributed by atoms with Gasteiger partial charge < -0.3 is 0 Å². The molecule has 6 aromatic carbocycles. The molecule has 0 N–H and O–H groups in total. The summed E-state index contributed by atoms with van der Waals surface area (Å²) in [7, 11) is -9.89. The van der Waals surface area contributed by atoms with E-state index in [9.17, 15) is 0 Å². The molecule has 0 amide bonds. The molecule has 0 spiro atoms. The quantitative estimate of drug-likeness (QED) is 0.172. The van der Waals surface area contributed by atoms with Gasteiger partial charge in [-0.25, -0.2) is 37.3 Å². The van der Waals surface area contributed by atoms with Crippen LogP contribution in [0.4, 0.5) is 0 Å². The number of nitrogens with zero attached hydrogens (tertiary/aromatic N) is 4. The number of halogens is 2. The standard InChI is InChI=1S/C51H40N4S.2ClHO4/c1-7-20-38(21-8-1)44-34-46(40-24-11-3-12-25-40)54(47(35-44)41-26-13-4-14-27-41)33-19-32-50-52-53-51(56-50)55-48(42-28-15-5-16-29-42)36-45(39-22-9-2-10-23-39)37-49(55)43-30-17-6-18-31-43;2*2-1(3,4)5/h1-18,20-31,34-37H,19,32-33H2;2*(H,2,3,4,5)/q+2;;/p-2. The molecule has 15 heteroatoms. The van der Waals surface area contributed by atoms with Gasteiger partial charge in [-0.15, -0.1) is 20.5 Å². The van der Waals surface area contributed by atoms with Crippen LogP contribution in [0.25, 0.3) is 72.4 Å². The predicted octanol–water partition coefficient (Wildman–Crippen LogP) is 2.23. The minimum atomic E-state index is -4.94. The Morgan fingerprint density at radius 2 is 0.652 bits per heavy atom. The summed E-state index contributed by atoms with van der Waals surface area (Å²) in [6.07, 6.45) is 1.70. The second-order valence-corrected chi connectivity index (χ2v) is 17.1. The average Bonchev–Trinajstić information content (AvgIpc) is 3.80. The Balaban J connectivity index is 0.000000588. The summed E-state index contributed by atoms with van der Waals surface area (Å²) in [4.78, 5) is 0. The highest BCUT2D eigenvalue weighted by Gasteiger charge is 2.27. The molecule has 332 valence electrons. The molecule has 0 fully saturated rings. The summed E-state index contributed by atoms with van der Waals surface area (Å²) in [6.45, 7) is 0.821. The third-order valence-electron chi connectivity index (χ3n) is 10.1. The molecule has 0 saturated heterocycles. The van der Waals surface area contributed by atoms with E-state index < -0.39 is 20.5 Å². The molecule has 0 aliphatic rings. The molecule has 0 atom stereocenters. The van der Waals surface area contributed by atoms with Crippen molar-refractivity contribution < 1.29 is 66.9 Å². The van der Waals surface area contributed by atoms with Gasteiger partial charge in [-0.3, -0.25) is 0 Å². The van der Waals surface area contributed by atoms with Crippen molar-refractivity contribution in [3.8, 4) is 72.4 Å². The lowest BCUT2D eigenvalue weighted by molar-refractivity contribution is -2.00.